The summed E-state index contributed by atoms with van der Waals surface area (Å²) in [5.74, 6) is -0.162. The topological polar surface area (TPSA) is 97.1 Å². The minimum atomic E-state index is -0.464. The van der Waals surface area contributed by atoms with Crippen molar-refractivity contribution in [2.75, 3.05) is 32.8 Å². The lowest BCUT2D eigenvalue weighted by Gasteiger charge is -2.25. The molecule has 0 unspecified atom stereocenters. The maximum Gasteiger partial charge on any atom is 0.269 e. The number of carbonyl (C=O) groups is 1. The average Bonchev–Trinajstić information content (AvgIpc) is 2.54. The average molecular weight is 306 g/mol. The Morgan fingerprint density at radius 1 is 1.36 bits per heavy atom. The Balaban J connectivity index is 1.71. The number of nitrogens with one attached hydrogen (secondary N) is 1. The molecule has 0 aliphatic carbocycles. The molecule has 1 amide bonds. The summed E-state index contributed by atoms with van der Waals surface area (Å²) in [5.41, 5.74) is 3.15. The van der Waals surface area contributed by atoms with Gasteiger partial charge in [-0.05, 0) is 17.7 Å². The van der Waals surface area contributed by atoms with Crippen molar-refractivity contribution in [3.05, 3.63) is 39.9 Å². The second kappa shape index (κ2) is 8.20. The molecular formula is C14H18N4O4. The van der Waals surface area contributed by atoms with Crippen LogP contribution in [0.5, 0.6) is 0 Å². The summed E-state index contributed by atoms with van der Waals surface area (Å²) < 4.78 is 5.24. The van der Waals surface area contributed by atoms with Crippen LogP contribution in [0.3, 0.4) is 0 Å². The summed E-state index contributed by atoms with van der Waals surface area (Å²) in [5, 5.41) is 14.4. The van der Waals surface area contributed by atoms with E-state index in [1.807, 2.05) is 0 Å². The largest absolute Gasteiger partial charge is 0.379 e. The molecule has 8 heteroatoms. The molecule has 0 saturated carbocycles. The molecule has 1 N–H and O–H groups in total. The van der Waals surface area contributed by atoms with Gasteiger partial charge in [0.1, 0.15) is 0 Å². The summed E-state index contributed by atoms with van der Waals surface area (Å²) in [7, 11) is 0. The summed E-state index contributed by atoms with van der Waals surface area (Å²) in [6.45, 7) is 3.79. The standard InChI is InChI=1S/C14H18N4O4/c19-14(5-6-17-7-9-22-10-8-17)16-15-11-12-1-3-13(4-2-12)18(20)21/h1-4,11H,5-10H2,(H,16,19)/b15-11-. The minimum absolute atomic E-state index is 0.0201. The molecule has 1 aliphatic rings. The van der Waals surface area contributed by atoms with E-state index in [0.717, 1.165) is 13.1 Å². The van der Waals surface area contributed by atoms with E-state index in [1.165, 1.54) is 18.3 Å². The molecule has 0 aromatic heterocycles. The van der Waals surface area contributed by atoms with Gasteiger partial charge in [0, 0.05) is 38.2 Å². The van der Waals surface area contributed by atoms with Gasteiger partial charge in [0.05, 0.1) is 24.4 Å². The van der Waals surface area contributed by atoms with Gasteiger partial charge in [0.25, 0.3) is 5.69 Å². The lowest BCUT2D eigenvalue weighted by atomic mass is 10.2. The number of amides is 1. The molecule has 22 heavy (non-hydrogen) atoms. The molecular weight excluding hydrogens is 288 g/mol. The number of morpholine rings is 1. The summed E-state index contributed by atoms with van der Waals surface area (Å²) in [6.07, 6.45) is 1.83. The number of carbonyl (C=O) groups excluding carboxylic acids is 1. The molecule has 118 valence electrons. The van der Waals surface area contributed by atoms with Crippen molar-refractivity contribution in [3.8, 4) is 0 Å². The molecule has 0 radical (unpaired) electrons. The Bertz CT molecular complexity index is 538. The second-order valence-corrected chi connectivity index (χ2v) is 4.85. The molecule has 0 atom stereocenters. The second-order valence-electron chi connectivity index (χ2n) is 4.85. The molecule has 1 aromatic carbocycles. The number of hydrazone groups is 1. The number of rotatable bonds is 6. The van der Waals surface area contributed by atoms with E-state index < -0.39 is 4.92 Å². The van der Waals surface area contributed by atoms with Crippen molar-refractivity contribution in [1.29, 1.82) is 0 Å². The van der Waals surface area contributed by atoms with E-state index >= 15 is 0 Å². The van der Waals surface area contributed by atoms with E-state index in [1.54, 1.807) is 12.1 Å². The van der Waals surface area contributed by atoms with Crippen LogP contribution in [0, 0.1) is 10.1 Å². The van der Waals surface area contributed by atoms with Crippen LogP contribution in [0.15, 0.2) is 29.4 Å². The molecule has 1 heterocycles. The molecule has 2 rings (SSSR count). The first-order valence-electron chi connectivity index (χ1n) is 7.01. The fourth-order valence-electron chi connectivity index (χ4n) is 2.00. The van der Waals surface area contributed by atoms with Crippen molar-refractivity contribution >= 4 is 17.8 Å². The van der Waals surface area contributed by atoms with Gasteiger partial charge in [0.15, 0.2) is 0 Å². The number of ether oxygens (including phenoxy) is 1. The van der Waals surface area contributed by atoms with Gasteiger partial charge in [-0.2, -0.15) is 5.10 Å². The first-order valence-corrected chi connectivity index (χ1v) is 7.01. The highest BCUT2D eigenvalue weighted by atomic mass is 16.6. The fourth-order valence-corrected chi connectivity index (χ4v) is 2.00. The van der Waals surface area contributed by atoms with Crippen LogP contribution in [-0.2, 0) is 9.53 Å². The lowest BCUT2D eigenvalue weighted by molar-refractivity contribution is -0.384. The number of nitro benzene ring substituents is 1. The number of nitro groups is 1. The molecule has 0 bridgehead atoms. The highest BCUT2D eigenvalue weighted by molar-refractivity contribution is 5.82. The van der Waals surface area contributed by atoms with Gasteiger partial charge in [-0.25, -0.2) is 5.43 Å². The van der Waals surface area contributed by atoms with Gasteiger partial charge in [-0.3, -0.25) is 19.8 Å². The predicted molar refractivity (Wildman–Crippen MR) is 80.7 cm³/mol. The Labute approximate surface area is 127 Å². The molecule has 1 aliphatic heterocycles. The predicted octanol–water partition coefficient (Wildman–Crippen LogP) is 0.767. The van der Waals surface area contributed by atoms with Crippen LogP contribution in [0.4, 0.5) is 5.69 Å². The zero-order valence-electron chi connectivity index (χ0n) is 12.1. The highest BCUT2D eigenvalue weighted by Crippen LogP contribution is 2.10. The number of benzene rings is 1. The van der Waals surface area contributed by atoms with Crippen molar-refractivity contribution in [2.45, 2.75) is 6.42 Å². The third kappa shape index (κ3) is 5.23. The number of hydrogen-bond acceptors (Lipinski definition) is 6. The Morgan fingerprint density at radius 2 is 2.05 bits per heavy atom. The van der Waals surface area contributed by atoms with Crippen LogP contribution in [0.25, 0.3) is 0 Å². The monoisotopic (exact) mass is 306 g/mol. The van der Waals surface area contributed by atoms with E-state index in [4.69, 9.17) is 4.74 Å². The van der Waals surface area contributed by atoms with Crippen molar-refractivity contribution < 1.29 is 14.5 Å². The molecule has 1 aromatic rings. The molecule has 1 fully saturated rings. The highest BCUT2D eigenvalue weighted by Gasteiger charge is 2.11. The summed E-state index contributed by atoms with van der Waals surface area (Å²) in [6, 6.07) is 5.92. The van der Waals surface area contributed by atoms with Crippen LogP contribution in [0.2, 0.25) is 0 Å². The molecule has 0 spiro atoms. The smallest absolute Gasteiger partial charge is 0.269 e. The van der Waals surface area contributed by atoms with Crippen LogP contribution in [-0.4, -0.2) is 54.8 Å². The summed E-state index contributed by atoms with van der Waals surface area (Å²) >= 11 is 0. The zero-order valence-corrected chi connectivity index (χ0v) is 12.1. The zero-order chi connectivity index (χ0) is 15.8. The minimum Gasteiger partial charge on any atom is -0.379 e. The van der Waals surface area contributed by atoms with Crippen LogP contribution < -0.4 is 5.43 Å². The number of non-ortho nitro benzene ring substituents is 1. The van der Waals surface area contributed by atoms with E-state index in [2.05, 4.69) is 15.4 Å². The first-order chi connectivity index (χ1) is 10.6. The van der Waals surface area contributed by atoms with E-state index in [0.29, 0.717) is 31.7 Å². The third-order valence-corrected chi connectivity index (χ3v) is 3.27. The Kier molecular flexibility index (Phi) is 5.99. The molecule has 1 saturated heterocycles. The lowest BCUT2D eigenvalue weighted by Crippen LogP contribution is -2.38. The SMILES string of the molecule is O=C(CCN1CCOCC1)N/N=C\c1ccc([N+](=O)[O-])cc1. The third-order valence-electron chi connectivity index (χ3n) is 3.27. The van der Waals surface area contributed by atoms with Crippen LogP contribution in [0.1, 0.15) is 12.0 Å². The maximum atomic E-state index is 11.6. The quantitative estimate of drug-likeness (QED) is 0.475. The van der Waals surface area contributed by atoms with Gasteiger partial charge < -0.3 is 4.74 Å². The van der Waals surface area contributed by atoms with Crippen LogP contribution >= 0.6 is 0 Å². The summed E-state index contributed by atoms with van der Waals surface area (Å²) in [4.78, 5) is 23.9. The van der Waals surface area contributed by atoms with Gasteiger partial charge in [0.2, 0.25) is 5.91 Å². The van der Waals surface area contributed by atoms with E-state index in [9.17, 15) is 14.9 Å². The number of nitrogens with zero attached hydrogens (tertiary/aromatic N) is 3. The van der Waals surface area contributed by atoms with Gasteiger partial charge in [-0.1, -0.05) is 0 Å². The van der Waals surface area contributed by atoms with Gasteiger partial charge >= 0.3 is 0 Å². The van der Waals surface area contributed by atoms with E-state index in [-0.39, 0.29) is 11.6 Å². The Hall–Kier alpha value is -2.32. The number of hydrogen-bond donors (Lipinski definition) is 1. The van der Waals surface area contributed by atoms with Crippen molar-refractivity contribution in [1.82, 2.24) is 10.3 Å². The normalized spacial score (nSPS) is 15.8. The molecule has 8 nitrogen and oxygen atoms in total. The van der Waals surface area contributed by atoms with Crippen molar-refractivity contribution in [3.63, 3.8) is 0 Å². The maximum absolute atomic E-state index is 11.6. The first kappa shape index (κ1) is 16.1. The van der Waals surface area contributed by atoms with Gasteiger partial charge in [-0.15, -0.1) is 0 Å². The van der Waals surface area contributed by atoms with Crippen molar-refractivity contribution in [2.24, 2.45) is 5.10 Å². The Morgan fingerprint density at radius 3 is 2.68 bits per heavy atom. The fraction of sp³-hybridized carbons (Fsp3) is 0.429.